The van der Waals surface area contributed by atoms with Crippen molar-refractivity contribution < 1.29 is 4.79 Å². The van der Waals surface area contributed by atoms with Gasteiger partial charge in [-0.3, -0.25) is 9.48 Å². The minimum absolute atomic E-state index is 0.134. The van der Waals surface area contributed by atoms with Crippen LogP contribution in [0.2, 0.25) is 0 Å². The van der Waals surface area contributed by atoms with Crippen LogP contribution in [0.5, 0.6) is 0 Å². The molecule has 5 heteroatoms. The monoisotopic (exact) mass is 218 g/mol. The molecule has 0 N–H and O–H groups in total. The molecule has 0 aromatic carbocycles. The van der Waals surface area contributed by atoms with Crippen LogP contribution in [0.25, 0.3) is 0 Å². The van der Waals surface area contributed by atoms with Gasteiger partial charge in [0.25, 0.3) is 5.91 Å². The average Bonchev–Trinajstić information content (AvgIpc) is 2.83. The van der Waals surface area contributed by atoms with E-state index < -0.39 is 0 Å². The van der Waals surface area contributed by atoms with Crippen molar-refractivity contribution in [2.75, 3.05) is 0 Å². The van der Waals surface area contributed by atoms with E-state index in [2.05, 4.69) is 10.2 Å². The van der Waals surface area contributed by atoms with Crippen molar-refractivity contribution >= 4 is 5.91 Å². The third-order valence-electron chi connectivity index (χ3n) is 2.42. The van der Waals surface area contributed by atoms with Crippen molar-refractivity contribution in [3.63, 3.8) is 0 Å². The topological polar surface area (TPSA) is 52.7 Å². The lowest BCUT2D eigenvalue weighted by Gasteiger charge is -1.97. The van der Waals surface area contributed by atoms with Gasteiger partial charge in [-0.15, -0.1) is 0 Å². The second-order valence-corrected chi connectivity index (χ2v) is 3.75. The molecule has 0 aliphatic rings. The third kappa shape index (κ3) is 1.76. The summed E-state index contributed by atoms with van der Waals surface area (Å²) in [5.41, 5.74) is 2.30. The summed E-state index contributed by atoms with van der Waals surface area (Å²) in [6.07, 6.45) is 5.14. The van der Waals surface area contributed by atoms with Crippen LogP contribution in [0.3, 0.4) is 0 Å². The van der Waals surface area contributed by atoms with Gasteiger partial charge in [0.05, 0.1) is 17.5 Å². The molecule has 0 saturated carbocycles. The summed E-state index contributed by atoms with van der Waals surface area (Å²) in [5.74, 6) is -0.134. The van der Waals surface area contributed by atoms with Crippen LogP contribution < -0.4 is 0 Å². The van der Waals surface area contributed by atoms with E-state index in [1.807, 2.05) is 20.8 Å². The Kier molecular flexibility index (Phi) is 2.60. The number of carbonyl (C=O) groups is 1. The van der Waals surface area contributed by atoms with Crippen molar-refractivity contribution in [1.82, 2.24) is 19.6 Å². The fourth-order valence-corrected chi connectivity index (χ4v) is 1.54. The van der Waals surface area contributed by atoms with E-state index in [4.69, 9.17) is 0 Å². The van der Waals surface area contributed by atoms with Crippen molar-refractivity contribution in [2.45, 2.75) is 27.3 Å². The lowest BCUT2D eigenvalue weighted by atomic mass is 10.2. The molecule has 84 valence electrons. The standard InChI is InChI=1S/C11H14N4O/c1-4-14-7-10(9(3)13-14)11(16)15-6-8(2)5-12-15/h5-7H,4H2,1-3H3. The molecule has 0 saturated heterocycles. The summed E-state index contributed by atoms with van der Waals surface area (Å²) in [5, 5.41) is 8.24. The quantitative estimate of drug-likeness (QED) is 0.765. The average molecular weight is 218 g/mol. The van der Waals surface area contributed by atoms with Crippen LogP contribution in [0.1, 0.15) is 28.5 Å². The van der Waals surface area contributed by atoms with Crippen LogP contribution in [0.4, 0.5) is 0 Å². The maximum Gasteiger partial charge on any atom is 0.281 e. The summed E-state index contributed by atoms with van der Waals surface area (Å²) in [7, 11) is 0. The van der Waals surface area contributed by atoms with E-state index in [9.17, 15) is 4.79 Å². The molecule has 0 aliphatic carbocycles. The Balaban J connectivity index is 2.37. The van der Waals surface area contributed by atoms with Gasteiger partial charge in [-0.2, -0.15) is 10.2 Å². The van der Waals surface area contributed by atoms with Crippen molar-refractivity contribution in [2.24, 2.45) is 0 Å². The van der Waals surface area contributed by atoms with Crippen LogP contribution in [-0.2, 0) is 6.54 Å². The molecule has 0 unspecified atom stereocenters. The Morgan fingerprint density at radius 3 is 2.62 bits per heavy atom. The Bertz CT molecular complexity index is 524. The van der Waals surface area contributed by atoms with E-state index in [0.29, 0.717) is 5.56 Å². The number of carbonyl (C=O) groups excluding carboxylic acids is 1. The minimum Gasteiger partial charge on any atom is -0.272 e. The summed E-state index contributed by atoms with van der Waals surface area (Å²) in [6, 6.07) is 0. The van der Waals surface area contributed by atoms with E-state index in [-0.39, 0.29) is 5.91 Å². The highest BCUT2D eigenvalue weighted by atomic mass is 16.2. The van der Waals surface area contributed by atoms with Crippen LogP contribution in [0, 0.1) is 13.8 Å². The fourth-order valence-electron chi connectivity index (χ4n) is 1.54. The van der Waals surface area contributed by atoms with Crippen LogP contribution in [0.15, 0.2) is 18.6 Å². The van der Waals surface area contributed by atoms with Gasteiger partial charge in [0.2, 0.25) is 0 Å². The normalized spacial score (nSPS) is 10.7. The first-order valence-corrected chi connectivity index (χ1v) is 5.22. The molecule has 0 fully saturated rings. The highest BCUT2D eigenvalue weighted by Gasteiger charge is 2.15. The van der Waals surface area contributed by atoms with E-state index in [1.54, 1.807) is 23.3 Å². The Morgan fingerprint density at radius 1 is 1.38 bits per heavy atom. The van der Waals surface area contributed by atoms with Gasteiger partial charge in [0.15, 0.2) is 0 Å². The Labute approximate surface area is 93.7 Å². The van der Waals surface area contributed by atoms with E-state index in [1.165, 1.54) is 4.68 Å². The first-order valence-electron chi connectivity index (χ1n) is 5.22. The summed E-state index contributed by atoms with van der Waals surface area (Å²) in [6.45, 7) is 6.47. The maximum absolute atomic E-state index is 12.1. The second kappa shape index (κ2) is 3.92. The van der Waals surface area contributed by atoms with Gasteiger partial charge in [-0.25, -0.2) is 4.68 Å². The fraction of sp³-hybridized carbons (Fsp3) is 0.364. The number of aromatic nitrogens is 4. The zero-order valence-corrected chi connectivity index (χ0v) is 9.64. The molecule has 2 aromatic rings. The Hall–Kier alpha value is -1.91. The number of hydrogen-bond acceptors (Lipinski definition) is 3. The highest BCUT2D eigenvalue weighted by molar-refractivity contribution is 5.96. The molecular formula is C11H14N4O. The zero-order chi connectivity index (χ0) is 11.7. The lowest BCUT2D eigenvalue weighted by molar-refractivity contribution is 0.0944. The SMILES string of the molecule is CCn1cc(C(=O)n2cc(C)cn2)c(C)n1. The van der Waals surface area contributed by atoms with Gasteiger partial charge in [-0.05, 0) is 26.3 Å². The zero-order valence-electron chi connectivity index (χ0n) is 9.64. The molecule has 0 aliphatic heterocycles. The molecule has 2 aromatic heterocycles. The van der Waals surface area contributed by atoms with Crippen molar-refractivity contribution in [3.05, 3.63) is 35.4 Å². The summed E-state index contributed by atoms with van der Waals surface area (Å²) in [4.78, 5) is 12.1. The highest BCUT2D eigenvalue weighted by Crippen LogP contribution is 2.08. The molecule has 0 bridgehead atoms. The van der Waals surface area contributed by atoms with Gasteiger partial charge >= 0.3 is 0 Å². The molecule has 0 spiro atoms. The molecule has 5 nitrogen and oxygen atoms in total. The Morgan fingerprint density at radius 2 is 2.12 bits per heavy atom. The van der Waals surface area contributed by atoms with E-state index in [0.717, 1.165) is 17.8 Å². The summed E-state index contributed by atoms with van der Waals surface area (Å²) >= 11 is 0. The molecular weight excluding hydrogens is 204 g/mol. The molecule has 0 radical (unpaired) electrons. The molecule has 0 amide bonds. The predicted molar refractivity (Wildman–Crippen MR) is 59.3 cm³/mol. The van der Waals surface area contributed by atoms with Crippen LogP contribution in [-0.4, -0.2) is 25.5 Å². The molecule has 2 rings (SSSR count). The summed E-state index contributed by atoms with van der Waals surface area (Å²) < 4.78 is 3.10. The first kappa shape index (κ1) is 10.6. The van der Waals surface area contributed by atoms with Gasteiger partial charge in [0, 0.05) is 18.9 Å². The van der Waals surface area contributed by atoms with Crippen molar-refractivity contribution in [1.29, 1.82) is 0 Å². The number of nitrogens with zero attached hydrogens (tertiary/aromatic N) is 4. The van der Waals surface area contributed by atoms with Gasteiger partial charge in [-0.1, -0.05) is 0 Å². The molecule has 2 heterocycles. The molecule has 16 heavy (non-hydrogen) atoms. The van der Waals surface area contributed by atoms with Gasteiger partial charge < -0.3 is 0 Å². The number of aryl methyl sites for hydroxylation is 3. The smallest absolute Gasteiger partial charge is 0.272 e. The maximum atomic E-state index is 12.1. The minimum atomic E-state index is -0.134. The molecule has 0 atom stereocenters. The lowest BCUT2D eigenvalue weighted by Crippen LogP contribution is -2.12. The first-order chi connectivity index (χ1) is 7.61. The number of hydrogen-bond donors (Lipinski definition) is 0. The number of rotatable bonds is 2. The van der Waals surface area contributed by atoms with Crippen molar-refractivity contribution in [3.8, 4) is 0 Å². The third-order valence-corrected chi connectivity index (χ3v) is 2.42. The second-order valence-electron chi connectivity index (χ2n) is 3.75. The predicted octanol–water partition coefficient (Wildman–Crippen LogP) is 1.40. The van der Waals surface area contributed by atoms with Gasteiger partial charge in [0.1, 0.15) is 0 Å². The van der Waals surface area contributed by atoms with Crippen LogP contribution >= 0.6 is 0 Å². The van der Waals surface area contributed by atoms with E-state index >= 15 is 0 Å². The largest absolute Gasteiger partial charge is 0.281 e.